The van der Waals surface area contributed by atoms with Gasteiger partial charge in [-0.3, -0.25) is 4.79 Å². The average Bonchev–Trinajstić information content (AvgIpc) is 2.51. The summed E-state index contributed by atoms with van der Waals surface area (Å²) in [5.41, 5.74) is 1.79. The lowest BCUT2D eigenvalue weighted by Crippen LogP contribution is -2.12. The number of anilines is 1. The Labute approximate surface area is 128 Å². The highest BCUT2D eigenvalue weighted by Crippen LogP contribution is 2.20. The van der Waals surface area contributed by atoms with E-state index in [1.54, 1.807) is 42.5 Å². The molecule has 0 aliphatic carbocycles. The molecule has 0 unspecified atom stereocenters. The van der Waals surface area contributed by atoms with Crippen molar-refractivity contribution in [2.75, 3.05) is 11.9 Å². The first-order chi connectivity index (χ1) is 10.2. The molecule has 4 heteroatoms. The second-order valence-electron chi connectivity index (χ2n) is 4.29. The Kier molecular flexibility index (Phi) is 5.39. The fourth-order valence-corrected chi connectivity index (χ4v) is 1.90. The molecule has 1 amide bonds. The maximum absolute atomic E-state index is 12.1. The summed E-state index contributed by atoms with van der Waals surface area (Å²) in [6.07, 6.45) is 0.374. The van der Waals surface area contributed by atoms with E-state index in [9.17, 15) is 4.79 Å². The molecule has 0 aliphatic rings. The van der Waals surface area contributed by atoms with Gasteiger partial charge in [0, 0.05) is 22.6 Å². The van der Waals surface area contributed by atoms with Gasteiger partial charge in [0.15, 0.2) is 0 Å². The number of aliphatic hydroxyl groups excluding tert-OH is 1. The van der Waals surface area contributed by atoms with Crippen LogP contribution in [0.25, 0.3) is 0 Å². The van der Waals surface area contributed by atoms with Crippen LogP contribution in [0.2, 0.25) is 5.02 Å². The van der Waals surface area contributed by atoms with Gasteiger partial charge in [-0.1, -0.05) is 41.6 Å². The van der Waals surface area contributed by atoms with Crippen LogP contribution in [0.1, 0.15) is 22.3 Å². The Morgan fingerprint density at radius 3 is 2.67 bits per heavy atom. The van der Waals surface area contributed by atoms with Gasteiger partial charge >= 0.3 is 0 Å². The van der Waals surface area contributed by atoms with Gasteiger partial charge in [-0.25, -0.2) is 0 Å². The summed E-state index contributed by atoms with van der Waals surface area (Å²) in [5, 5.41) is 12.1. The smallest absolute Gasteiger partial charge is 0.255 e. The third-order valence-electron chi connectivity index (χ3n) is 2.73. The minimum absolute atomic E-state index is 0.000721. The Balaban J connectivity index is 2.24. The Morgan fingerprint density at radius 1 is 1.19 bits per heavy atom. The first-order valence-corrected chi connectivity index (χ1v) is 6.84. The Morgan fingerprint density at radius 2 is 1.95 bits per heavy atom. The van der Waals surface area contributed by atoms with Crippen LogP contribution in [0.15, 0.2) is 48.5 Å². The molecule has 0 heterocycles. The van der Waals surface area contributed by atoms with Crippen LogP contribution in [-0.4, -0.2) is 17.6 Å². The van der Waals surface area contributed by atoms with Gasteiger partial charge in [-0.05, 0) is 30.3 Å². The number of nitrogens with one attached hydrogen (secondary N) is 1. The lowest BCUT2D eigenvalue weighted by Gasteiger charge is -2.08. The quantitative estimate of drug-likeness (QED) is 0.854. The molecule has 0 saturated heterocycles. The minimum atomic E-state index is -0.205. The Bertz CT molecular complexity index is 687. The number of halogens is 1. The Hall–Kier alpha value is -2.28. The van der Waals surface area contributed by atoms with Crippen molar-refractivity contribution in [2.24, 2.45) is 0 Å². The maximum Gasteiger partial charge on any atom is 0.255 e. The van der Waals surface area contributed by atoms with E-state index in [4.69, 9.17) is 16.7 Å². The molecular weight excluding hydrogens is 286 g/mol. The number of hydrogen-bond donors (Lipinski definition) is 2. The van der Waals surface area contributed by atoms with E-state index in [1.807, 2.05) is 6.07 Å². The van der Waals surface area contributed by atoms with Crippen molar-refractivity contribution in [3.8, 4) is 11.8 Å². The first kappa shape index (κ1) is 15.1. The number of hydrogen-bond acceptors (Lipinski definition) is 2. The summed E-state index contributed by atoms with van der Waals surface area (Å²) in [6, 6.07) is 14.0. The van der Waals surface area contributed by atoms with Gasteiger partial charge in [0.2, 0.25) is 0 Å². The summed E-state index contributed by atoms with van der Waals surface area (Å²) in [6.45, 7) is -0.000721. The lowest BCUT2D eigenvalue weighted by molar-refractivity contribution is 0.102. The van der Waals surface area contributed by atoms with Crippen LogP contribution in [-0.2, 0) is 0 Å². The molecule has 0 fully saturated rings. The van der Waals surface area contributed by atoms with Crippen molar-refractivity contribution in [3.63, 3.8) is 0 Å². The van der Waals surface area contributed by atoms with Crippen LogP contribution in [0.5, 0.6) is 0 Å². The number of carbonyl (C=O) groups excluding carboxylic acids is 1. The first-order valence-electron chi connectivity index (χ1n) is 6.46. The number of amides is 1. The molecule has 2 aromatic rings. The topological polar surface area (TPSA) is 49.3 Å². The van der Waals surface area contributed by atoms with Gasteiger partial charge in [-0.2, -0.15) is 0 Å². The van der Waals surface area contributed by atoms with Crippen molar-refractivity contribution < 1.29 is 9.90 Å². The van der Waals surface area contributed by atoms with Gasteiger partial charge in [-0.15, -0.1) is 0 Å². The average molecular weight is 300 g/mol. The monoisotopic (exact) mass is 299 g/mol. The third-order valence-corrected chi connectivity index (χ3v) is 2.96. The zero-order valence-corrected chi connectivity index (χ0v) is 12.0. The molecule has 0 radical (unpaired) electrons. The van der Waals surface area contributed by atoms with Crippen molar-refractivity contribution >= 4 is 23.2 Å². The van der Waals surface area contributed by atoms with E-state index in [-0.39, 0.29) is 12.5 Å². The highest BCUT2D eigenvalue weighted by molar-refractivity contribution is 6.30. The highest BCUT2D eigenvalue weighted by atomic mass is 35.5. The van der Waals surface area contributed by atoms with Crippen LogP contribution >= 0.6 is 11.6 Å². The second-order valence-corrected chi connectivity index (χ2v) is 4.72. The standard InChI is InChI=1S/C17H14ClNO2/c18-15-9-10-16(14(12-15)8-4-5-11-20)19-17(21)13-6-2-1-3-7-13/h1-3,6-7,9-10,12,20H,5,11H2,(H,19,21). The van der Waals surface area contributed by atoms with E-state index in [1.165, 1.54) is 0 Å². The molecule has 2 aromatic carbocycles. The van der Waals surface area contributed by atoms with Gasteiger partial charge in [0.05, 0.1) is 12.3 Å². The molecule has 0 saturated carbocycles. The molecular formula is C17H14ClNO2. The third kappa shape index (κ3) is 4.35. The normalized spacial score (nSPS) is 9.62. The predicted octanol–water partition coefficient (Wildman–Crippen LogP) is 3.33. The van der Waals surface area contributed by atoms with Gasteiger partial charge in [0.1, 0.15) is 0 Å². The van der Waals surface area contributed by atoms with E-state index in [0.717, 1.165) is 0 Å². The molecule has 2 N–H and O–H groups in total. The largest absolute Gasteiger partial charge is 0.395 e. The number of benzene rings is 2. The molecule has 3 nitrogen and oxygen atoms in total. The van der Waals surface area contributed by atoms with Crippen LogP contribution < -0.4 is 5.32 Å². The highest BCUT2D eigenvalue weighted by Gasteiger charge is 2.08. The molecule has 2 rings (SSSR count). The van der Waals surface area contributed by atoms with E-state index in [0.29, 0.717) is 28.3 Å². The summed E-state index contributed by atoms with van der Waals surface area (Å²) in [4.78, 5) is 12.1. The fraction of sp³-hybridized carbons (Fsp3) is 0.118. The van der Waals surface area contributed by atoms with Crippen molar-refractivity contribution in [3.05, 3.63) is 64.7 Å². The summed E-state index contributed by atoms with van der Waals surface area (Å²) < 4.78 is 0. The van der Waals surface area contributed by atoms with Gasteiger partial charge < -0.3 is 10.4 Å². The minimum Gasteiger partial charge on any atom is -0.395 e. The summed E-state index contributed by atoms with van der Waals surface area (Å²) in [7, 11) is 0. The zero-order chi connectivity index (χ0) is 15.1. The number of carbonyl (C=O) groups is 1. The SMILES string of the molecule is O=C(Nc1ccc(Cl)cc1C#CCCO)c1ccccc1. The van der Waals surface area contributed by atoms with E-state index in [2.05, 4.69) is 17.2 Å². The maximum atomic E-state index is 12.1. The van der Waals surface area contributed by atoms with Crippen molar-refractivity contribution in [1.29, 1.82) is 0 Å². The van der Waals surface area contributed by atoms with Crippen LogP contribution in [0.3, 0.4) is 0 Å². The fourth-order valence-electron chi connectivity index (χ4n) is 1.73. The molecule has 0 atom stereocenters. The van der Waals surface area contributed by atoms with Crippen molar-refractivity contribution in [2.45, 2.75) is 6.42 Å². The predicted molar refractivity (Wildman–Crippen MR) is 84.4 cm³/mol. The zero-order valence-electron chi connectivity index (χ0n) is 11.3. The van der Waals surface area contributed by atoms with Crippen LogP contribution in [0, 0.1) is 11.8 Å². The van der Waals surface area contributed by atoms with E-state index < -0.39 is 0 Å². The number of aliphatic hydroxyl groups is 1. The second kappa shape index (κ2) is 7.49. The molecule has 0 spiro atoms. The van der Waals surface area contributed by atoms with E-state index >= 15 is 0 Å². The summed E-state index contributed by atoms with van der Waals surface area (Å²) in [5.74, 6) is 5.52. The molecule has 0 aliphatic heterocycles. The lowest BCUT2D eigenvalue weighted by atomic mass is 10.1. The van der Waals surface area contributed by atoms with Gasteiger partial charge in [0.25, 0.3) is 5.91 Å². The molecule has 0 bridgehead atoms. The molecule has 106 valence electrons. The van der Waals surface area contributed by atoms with Crippen molar-refractivity contribution in [1.82, 2.24) is 0 Å². The number of rotatable bonds is 3. The van der Waals surface area contributed by atoms with Crippen LogP contribution in [0.4, 0.5) is 5.69 Å². The molecule has 0 aromatic heterocycles. The summed E-state index contributed by atoms with van der Waals surface area (Å²) >= 11 is 5.95. The molecule has 21 heavy (non-hydrogen) atoms.